The summed E-state index contributed by atoms with van der Waals surface area (Å²) in [5, 5.41) is 0.647. The third-order valence-corrected chi connectivity index (χ3v) is 3.18. The first-order valence-electron chi connectivity index (χ1n) is 6.21. The second kappa shape index (κ2) is 5.46. The fourth-order valence-electron chi connectivity index (χ4n) is 1.88. The van der Waals surface area contributed by atoms with E-state index < -0.39 is 12.0 Å². The average molecular weight is 325 g/mol. The fourth-order valence-corrected chi connectivity index (χ4v) is 2.06. The lowest BCUT2D eigenvalue weighted by molar-refractivity contribution is -0.144. The van der Waals surface area contributed by atoms with Gasteiger partial charge in [-0.2, -0.15) is 18.2 Å². The number of nitrogens with zero attached hydrogens (tertiary/aromatic N) is 2. The topological polar surface area (TPSA) is 35.0 Å². The van der Waals surface area contributed by atoms with E-state index in [0.717, 1.165) is 0 Å². The number of hydrogen-bond acceptors (Lipinski definition) is 3. The fraction of sp³-hybridized carbons (Fsp3) is 0.0667. The number of fused-ring (bicyclic) bond motifs is 1. The molecule has 0 aliphatic carbocycles. The second-order valence-corrected chi connectivity index (χ2v) is 4.81. The summed E-state index contributed by atoms with van der Waals surface area (Å²) < 4.78 is 44.2. The van der Waals surface area contributed by atoms with Crippen LogP contribution in [0.15, 0.2) is 48.5 Å². The molecule has 112 valence electrons. The zero-order valence-electron chi connectivity index (χ0n) is 10.9. The van der Waals surface area contributed by atoms with Crippen molar-refractivity contribution >= 4 is 22.5 Å². The highest BCUT2D eigenvalue weighted by Gasteiger charge is 2.35. The van der Waals surface area contributed by atoms with Gasteiger partial charge in [-0.05, 0) is 24.3 Å². The molecule has 0 N–H and O–H groups in total. The normalized spacial score (nSPS) is 11.6. The molecule has 0 unspecified atom stereocenters. The monoisotopic (exact) mass is 324 g/mol. The van der Waals surface area contributed by atoms with Gasteiger partial charge in [-0.3, -0.25) is 0 Å². The Morgan fingerprint density at radius 3 is 2.32 bits per heavy atom. The van der Waals surface area contributed by atoms with Crippen LogP contribution in [0.25, 0.3) is 10.9 Å². The summed E-state index contributed by atoms with van der Waals surface area (Å²) in [5.41, 5.74) is 0.145. The van der Waals surface area contributed by atoms with Crippen molar-refractivity contribution in [2.45, 2.75) is 6.18 Å². The minimum atomic E-state index is -4.66. The van der Waals surface area contributed by atoms with Crippen LogP contribution in [0, 0.1) is 0 Å². The molecule has 22 heavy (non-hydrogen) atoms. The first-order chi connectivity index (χ1) is 10.4. The lowest BCUT2D eigenvalue weighted by Crippen LogP contribution is -2.11. The van der Waals surface area contributed by atoms with Crippen LogP contribution < -0.4 is 4.74 Å². The average Bonchev–Trinajstić information content (AvgIpc) is 2.48. The summed E-state index contributed by atoms with van der Waals surface area (Å²) >= 11 is 5.96. The van der Waals surface area contributed by atoms with Crippen molar-refractivity contribution in [3.8, 4) is 11.6 Å². The van der Waals surface area contributed by atoms with E-state index in [1.807, 2.05) is 0 Å². The molecule has 0 radical (unpaired) electrons. The first kappa shape index (κ1) is 14.6. The van der Waals surface area contributed by atoms with Crippen molar-refractivity contribution < 1.29 is 17.9 Å². The number of halogens is 4. The number of rotatable bonds is 2. The zero-order chi connectivity index (χ0) is 15.7. The van der Waals surface area contributed by atoms with E-state index >= 15 is 0 Å². The Labute approximate surface area is 128 Å². The summed E-state index contributed by atoms with van der Waals surface area (Å²) in [5.74, 6) is -1.22. The molecular formula is C15H8ClF3N2O. The second-order valence-electron chi connectivity index (χ2n) is 4.40. The predicted octanol–water partition coefficient (Wildman–Crippen LogP) is 5.09. The van der Waals surface area contributed by atoms with Crippen LogP contribution in [-0.4, -0.2) is 9.97 Å². The maximum absolute atomic E-state index is 12.9. The standard InChI is InChI=1S/C15H8ClF3N2O/c16-10-6-2-4-8-12(10)22-13-9-5-1-3-7-11(9)20-14(21-13)15(17,18)19/h1-8H. The van der Waals surface area contributed by atoms with Gasteiger partial charge in [-0.25, -0.2) is 4.98 Å². The van der Waals surface area contributed by atoms with E-state index in [0.29, 0.717) is 5.39 Å². The molecule has 3 rings (SSSR count). The molecule has 1 aromatic heterocycles. The highest BCUT2D eigenvalue weighted by Crippen LogP contribution is 2.35. The minimum Gasteiger partial charge on any atom is -0.437 e. The van der Waals surface area contributed by atoms with E-state index in [1.165, 1.54) is 6.07 Å². The van der Waals surface area contributed by atoms with Crippen LogP contribution in [0.5, 0.6) is 11.6 Å². The van der Waals surface area contributed by atoms with Gasteiger partial charge in [-0.15, -0.1) is 0 Å². The Kier molecular flexibility index (Phi) is 3.62. The molecule has 0 spiro atoms. The Balaban J connectivity index is 2.17. The number of benzene rings is 2. The van der Waals surface area contributed by atoms with Crippen molar-refractivity contribution in [2.75, 3.05) is 0 Å². The van der Waals surface area contributed by atoms with Crippen LogP contribution in [0.3, 0.4) is 0 Å². The first-order valence-corrected chi connectivity index (χ1v) is 6.59. The summed E-state index contributed by atoms with van der Waals surface area (Å²) in [6.07, 6.45) is -4.66. The Morgan fingerprint density at radius 1 is 0.909 bits per heavy atom. The van der Waals surface area contributed by atoms with E-state index in [-0.39, 0.29) is 22.2 Å². The molecule has 0 saturated carbocycles. The molecule has 0 saturated heterocycles. The lowest BCUT2D eigenvalue weighted by Gasteiger charge is -2.12. The lowest BCUT2D eigenvalue weighted by atomic mass is 10.2. The molecule has 3 aromatic rings. The van der Waals surface area contributed by atoms with Crippen LogP contribution in [-0.2, 0) is 6.18 Å². The molecule has 3 nitrogen and oxygen atoms in total. The maximum Gasteiger partial charge on any atom is 0.451 e. The number of ether oxygens (including phenoxy) is 1. The van der Waals surface area contributed by atoms with Crippen molar-refractivity contribution in [1.82, 2.24) is 9.97 Å². The third-order valence-electron chi connectivity index (χ3n) is 2.87. The molecule has 0 fully saturated rings. The van der Waals surface area contributed by atoms with Gasteiger partial charge in [0.25, 0.3) is 0 Å². The summed E-state index contributed by atoms with van der Waals surface area (Å²) in [4.78, 5) is 7.01. The van der Waals surface area contributed by atoms with Gasteiger partial charge in [0, 0.05) is 0 Å². The predicted molar refractivity (Wildman–Crippen MR) is 76.1 cm³/mol. The highest BCUT2D eigenvalue weighted by atomic mass is 35.5. The van der Waals surface area contributed by atoms with Gasteiger partial charge in [0.15, 0.2) is 0 Å². The largest absolute Gasteiger partial charge is 0.451 e. The van der Waals surface area contributed by atoms with Gasteiger partial charge >= 0.3 is 6.18 Å². The van der Waals surface area contributed by atoms with Crippen molar-refractivity contribution in [2.24, 2.45) is 0 Å². The molecule has 0 atom stereocenters. The van der Waals surface area contributed by atoms with E-state index in [2.05, 4.69) is 9.97 Å². The minimum absolute atomic E-state index is 0.145. The third kappa shape index (κ3) is 2.82. The van der Waals surface area contributed by atoms with Gasteiger partial charge in [0.05, 0.1) is 15.9 Å². The molecular weight excluding hydrogens is 317 g/mol. The highest BCUT2D eigenvalue weighted by molar-refractivity contribution is 6.32. The van der Waals surface area contributed by atoms with Crippen molar-refractivity contribution in [3.63, 3.8) is 0 Å². The molecule has 0 aliphatic heterocycles. The van der Waals surface area contributed by atoms with Crippen LogP contribution in [0.4, 0.5) is 13.2 Å². The molecule has 0 amide bonds. The zero-order valence-corrected chi connectivity index (χ0v) is 11.7. The van der Waals surface area contributed by atoms with E-state index in [4.69, 9.17) is 16.3 Å². The molecule has 2 aromatic carbocycles. The number of alkyl halides is 3. The van der Waals surface area contributed by atoms with E-state index in [1.54, 1.807) is 42.5 Å². The Bertz CT molecular complexity index is 836. The van der Waals surface area contributed by atoms with Crippen molar-refractivity contribution in [3.05, 3.63) is 59.4 Å². The number of aromatic nitrogens is 2. The summed E-state index contributed by atoms with van der Waals surface area (Å²) in [6, 6.07) is 12.8. The maximum atomic E-state index is 12.9. The Hall–Kier alpha value is -2.34. The van der Waals surface area contributed by atoms with E-state index in [9.17, 15) is 13.2 Å². The molecule has 1 heterocycles. The summed E-state index contributed by atoms with van der Waals surface area (Å²) in [6.45, 7) is 0. The Morgan fingerprint density at radius 2 is 1.59 bits per heavy atom. The van der Waals surface area contributed by atoms with Gasteiger partial charge in [0.2, 0.25) is 11.7 Å². The van der Waals surface area contributed by atoms with Gasteiger partial charge in [0.1, 0.15) is 5.75 Å². The number of para-hydroxylation sites is 2. The smallest absolute Gasteiger partial charge is 0.437 e. The van der Waals surface area contributed by atoms with Gasteiger partial charge < -0.3 is 4.74 Å². The summed E-state index contributed by atoms with van der Waals surface area (Å²) in [7, 11) is 0. The van der Waals surface area contributed by atoms with Crippen LogP contribution in [0.2, 0.25) is 5.02 Å². The quantitative estimate of drug-likeness (QED) is 0.658. The SMILES string of the molecule is FC(F)(F)c1nc(Oc2ccccc2Cl)c2ccccc2n1. The van der Waals surface area contributed by atoms with Gasteiger partial charge in [-0.1, -0.05) is 35.9 Å². The van der Waals surface area contributed by atoms with Crippen molar-refractivity contribution in [1.29, 1.82) is 0 Å². The number of hydrogen-bond donors (Lipinski definition) is 0. The molecule has 0 bridgehead atoms. The molecule has 0 aliphatic rings. The van der Waals surface area contributed by atoms with Crippen LogP contribution in [0.1, 0.15) is 5.82 Å². The molecule has 7 heteroatoms. The van der Waals surface area contributed by atoms with Crippen LogP contribution >= 0.6 is 11.6 Å².